The van der Waals surface area contributed by atoms with E-state index in [0.717, 1.165) is 5.56 Å². The maximum Gasteiger partial charge on any atom is 0.422 e. The summed E-state index contributed by atoms with van der Waals surface area (Å²) in [5.74, 6) is 0.610. The van der Waals surface area contributed by atoms with E-state index in [4.69, 9.17) is 33.2 Å². The van der Waals surface area contributed by atoms with Crippen LogP contribution in [-0.2, 0) is 32.1 Å². The minimum absolute atomic E-state index is 0.0159. The van der Waals surface area contributed by atoms with Gasteiger partial charge in [0.2, 0.25) is 5.75 Å². The Hall–Kier alpha value is -4.24. The molecular weight excluding hydrogens is 508 g/mol. The Kier molecular flexibility index (Phi) is 11.2. The molecule has 0 atom stereocenters. The van der Waals surface area contributed by atoms with Crippen LogP contribution in [0.1, 0.15) is 43.9 Å². The quantitative estimate of drug-likeness (QED) is 0.120. The van der Waals surface area contributed by atoms with E-state index < -0.39 is 11.4 Å². The van der Waals surface area contributed by atoms with E-state index >= 15 is 0 Å². The molecule has 39 heavy (non-hydrogen) atoms. The van der Waals surface area contributed by atoms with Gasteiger partial charge in [0.25, 0.3) is 0 Å². The monoisotopic (exact) mass is 544 g/mol. The summed E-state index contributed by atoms with van der Waals surface area (Å²) >= 11 is 0. The van der Waals surface area contributed by atoms with E-state index in [1.165, 1.54) is 35.5 Å². The van der Waals surface area contributed by atoms with Crippen LogP contribution in [0, 0.1) is 5.41 Å². The van der Waals surface area contributed by atoms with Gasteiger partial charge in [-0.1, -0.05) is 0 Å². The molecule has 2 rings (SSSR count). The third-order valence-corrected chi connectivity index (χ3v) is 5.63. The van der Waals surface area contributed by atoms with Gasteiger partial charge in [0.15, 0.2) is 23.0 Å². The van der Waals surface area contributed by atoms with Crippen LogP contribution in [0.15, 0.2) is 24.3 Å². The Labute approximate surface area is 228 Å². The number of hydrogen-bond donors (Lipinski definition) is 0. The van der Waals surface area contributed by atoms with Crippen LogP contribution in [0.4, 0.5) is 0 Å². The highest BCUT2D eigenvalue weighted by molar-refractivity contribution is 6.41. The summed E-state index contributed by atoms with van der Waals surface area (Å²) in [6.45, 7) is 5.58. The van der Waals surface area contributed by atoms with Crippen LogP contribution < -0.4 is 23.7 Å². The van der Waals surface area contributed by atoms with Crippen molar-refractivity contribution in [3.63, 3.8) is 0 Å². The average molecular weight is 545 g/mol. The van der Waals surface area contributed by atoms with Crippen molar-refractivity contribution in [2.75, 3.05) is 42.2 Å². The number of benzene rings is 2. The largest absolute Gasteiger partial charge is 0.493 e. The molecule has 0 radical (unpaired) electrons. The van der Waals surface area contributed by atoms with Gasteiger partial charge in [-0.25, -0.2) is 4.79 Å². The number of rotatable bonds is 13. The van der Waals surface area contributed by atoms with Crippen molar-refractivity contribution in [3.05, 3.63) is 46.5 Å². The molecule has 0 aromatic heterocycles. The number of carbonyl (C=O) groups is 2. The lowest BCUT2D eigenvalue weighted by atomic mass is 9.97. The number of esters is 2. The third-order valence-electron chi connectivity index (χ3n) is 5.63. The minimum Gasteiger partial charge on any atom is -0.493 e. The zero-order valence-electron chi connectivity index (χ0n) is 23.7. The highest BCUT2D eigenvalue weighted by atomic mass is 16.5. The Morgan fingerprint density at radius 2 is 1.38 bits per heavy atom. The second-order valence-electron chi connectivity index (χ2n) is 9.43. The van der Waals surface area contributed by atoms with Crippen LogP contribution in [0.25, 0.3) is 5.53 Å². The molecule has 0 spiro atoms. The van der Waals surface area contributed by atoms with Gasteiger partial charge in [-0.05, 0) is 69.0 Å². The molecule has 0 fully saturated rings. The van der Waals surface area contributed by atoms with E-state index in [9.17, 15) is 15.1 Å². The summed E-state index contributed by atoms with van der Waals surface area (Å²) in [6.07, 6.45) is 0.994. The molecule has 11 heteroatoms. The molecule has 0 saturated heterocycles. The van der Waals surface area contributed by atoms with Crippen molar-refractivity contribution in [2.45, 2.75) is 40.2 Å². The molecule has 0 aliphatic carbocycles. The van der Waals surface area contributed by atoms with Crippen LogP contribution in [0.3, 0.4) is 0 Å². The van der Waals surface area contributed by atoms with E-state index in [1.54, 1.807) is 45.0 Å². The van der Waals surface area contributed by atoms with Crippen LogP contribution in [0.2, 0.25) is 0 Å². The molecule has 0 heterocycles. The number of hydrogen-bond acceptors (Lipinski definition) is 9. The Balaban J connectivity index is 2.43. The normalized spacial score (nSPS) is 10.7. The molecular formula is C28H36N2O9. The number of aryl methyl sites for hydroxylation is 1. The molecule has 0 N–H and O–H groups in total. The lowest BCUT2D eigenvalue weighted by Gasteiger charge is -2.18. The standard InChI is InChI=1S/C28H36N2O9/c1-28(2,3)27(32)38-11-9-10-17-12-19(23(30-29)26(31)37-8)24(20(13-17)33-4)39-16-18-14-21(34-5)25(36-7)22(15-18)35-6/h12-15H,9-11,16H2,1-8H3. The molecule has 212 valence electrons. The van der Waals surface area contributed by atoms with Crippen molar-refractivity contribution in [1.82, 2.24) is 0 Å². The third kappa shape index (κ3) is 7.87. The predicted octanol–water partition coefficient (Wildman–Crippen LogP) is 4.01. The molecule has 2 aromatic rings. The van der Waals surface area contributed by atoms with Gasteiger partial charge in [0.05, 0.1) is 47.6 Å². The molecule has 0 saturated carbocycles. The molecule has 0 bridgehead atoms. The van der Waals surface area contributed by atoms with Crippen molar-refractivity contribution in [3.8, 4) is 28.7 Å². The zero-order valence-corrected chi connectivity index (χ0v) is 23.7. The van der Waals surface area contributed by atoms with Crippen molar-refractivity contribution in [1.29, 1.82) is 0 Å². The van der Waals surface area contributed by atoms with Gasteiger partial charge in [0, 0.05) is 0 Å². The fraction of sp³-hybridized carbons (Fsp3) is 0.464. The summed E-state index contributed by atoms with van der Waals surface area (Å²) in [7, 11) is 7.15. The fourth-order valence-corrected chi connectivity index (χ4v) is 3.61. The Bertz CT molecular complexity index is 1200. The summed E-state index contributed by atoms with van der Waals surface area (Å²) < 4.78 is 38.0. The maximum atomic E-state index is 12.4. The molecule has 2 aromatic carbocycles. The maximum absolute atomic E-state index is 12.4. The fourth-order valence-electron chi connectivity index (χ4n) is 3.61. The minimum atomic E-state index is -0.867. The first-order chi connectivity index (χ1) is 18.5. The molecule has 0 amide bonds. The molecule has 0 unspecified atom stereocenters. The van der Waals surface area contributed by atoms with Gasteiger partial charge in [0.1, 0.15) is 12.2 Å². The number of nitrogens with zero attached hydrogens (tertiary/aromatic N) is 2. The summed E-state index contributed by atoms with van der Waals surface area (Å²) in [5.41, 5.74) is 10.3. The first-order valence-corrected chi connectivity index (χ1v) is 12.1. The van der Waals surface area contributed by atoms with Crippen LogP contribution >= 0.6 is 0 Å². The van der Waals surface area contributed by atoms with E-state index in [1.807, 2.05) is 0 Å². The lowest BCUT2D eigenvalue weighted by molar-refractivity contribution is -0.153. The van der Waals surface area contributed by atoms with E-state index in [2.05, 4.69) is 4.79 Å². The first kappa shape index (κ1) is 31.0. The smallest absolute Gasteiger partial charge is 0.422 e. The lowest BCUT2D eigenvalue weighted by Crippen LogP contribution is -2.23. The topological polar surface area (TPSA) is 135 Å². The first-order valence-electron chi connectivity index (χ1n) is 12.1. The van der Waals surface area contributed by atoms with Crippen LogP contribution in [-0.4, -0.2) is 64.6 Å². The second-order valence-corrected chi connectivity index (χ2v) is 9.43. The molecule has 0 aliphatic heterocycles. The van der Waals surface area contributed by atoms with Crippen LogP contribution in [0.5, 0.6) is 28.7 Å². The summed E-state index contributed by atoms with van der Waals surface area (Å²) in [6, 6.07) is 6.83. The zero-order chi connectivity index (χ0) is 29.2. The van der Waals surface area contributed by atoms with E-state index in [-0.39, 0.29) is 36.2 Å². The summed E-state index contributed by atoms with van der Waals surface area (Å²) in [5, 5.41) is 0. The van der Waals surface area contributed by atoms with Gasteiger partial charge in [-0.3, -0.25) is 4.79 Å². The van der Waals surface area contributed by atoms with Crippen molar-refractivity contribution >= 4 is 17.7 Å². The van der Waals surface area contributed by atoms with E-state index in [0.29, 0.717) is 41.4 Å². The average Bonchev–Trinajstić information content (AvgIpc) is 2.93. The SMILES string of the molecule is COC(=O)C(=[N+]=[N-])c1cc(CCCOC(=O)C(C)(C)C)cc(OC)c1OCc1cc(OC)c(OC)c(OC)c1. The Morgan fingerprint density at radius 3 is 1.87 bits per heavy atom. The molecule has 11 nitrogen and oxygen atoms in total. The number of ether oxygens (including phenoxy) is 7. The number of methoxy groups -OCH3 is 5. The summed E-state index contributed by atoms with van der Waals surface area (Å²) in [4.78, 5) is 27.6. The predicted molar refractivity (Wildman–Crippen MR) is 142 cm³/mol. The Morgan fingerprint density at radius 1 is 0.821 bits per heavy atom. The number of carbonyl (C=O) groups excluding carboxylic acids is 2. The van der Waals surface area contributed by atoms with Crippen molar-refractivity contribution < 1.29 is 47.5 Å². The second kappa shape index (κ2) is 14.1. The highest BCUT2D eigenvalue weighted by Gasteiger charge is 2.31. The van der Waals surface area contributed by atoms with Gasteiger partial charge in [-0.2, -0.15) is 4.79 Å². The van der Waals surface area contributed by atoms with Gasteiger partial charge < -0.3 is 38.7 Å². The van der Waals surface area contributed by atoms with Crippen molar-refractivity contribution in [2.24, 2.45) is 5.41 Å². The highest BCUT2D eigenvalue weighted by Crippen LogP contribution is 2.39. The molecule has 0 aliphatic rings. The van der Waals surface area contributed by atoms with Gasteiger partial charge in [-0.15, -0.1) is 0 Å². The van der Waals surface area contributed by atoms with Gasteiger partial charge >= 0.3 is 17.7 Å².